The van der Waals surface area contributed by atoms with Crippen LogP contribution in [0.2, 0.25) is 0 Å². The second-order valence-corrected chi connectivity index (χ2v) is 6.10. The molecule has 0 fully saturated rings. The van der Waals surface area contributed by atoms with Crippen molar-refractivity contribution in [3.63, 3.8) is 0 Å². The van der Waals surface area contributed by atoms with Gasteiger partial charge >= 0.3 is 0 Å². The molecule has 0 unspecified atom stereocenters. The van der Waals surface area contributed by atoms with Gasteiger partial charge in [0.15, 0.2) is 10.8 Å². The van der Waals surface area contributed by atoms with Crippen molar-refractivity contribution in [3.05, 3.63) is 48.2 Å². The Morgan fingerprint density at radius 1 is 1.15 bits per heavy atom. The van der Waals surface area contributed by atoms with Crippen LogP contribution in [-0.2, 0) is 4.74 Å². The van der Waals surface area contributed by atoms with Gasteiger partial charge < -0.3 is 19.6 Å². The summed E-state index contributed by atoms with van der Waals surface area (Å²) in [6, 6.07) is 10.4. The van der Waals surface area contributed by atoms with E-state index in [1.165, 1.54) is 11.3 Å². The highest BCUT2D eigenvalue weighted by Gasteiger charge is 2.12. The molecular formula is C17H18N4O4S. The van der Waals surface area contributed by atoms with E-state index in [4.69, 9.17) is 19.6 Å². The monoisotopic (exact) mass is 374 g/mol. The smallest absolute Gasteiger partial charge is 0.257 e. The molecule has 3 aromatic rings. The summed E-state index contributed by atoms with van der Waals surface area (Å²) >= 11 is 1.24. The molecule has 26 heavy (non-hydrogen) atoms. The lowest BCUT2D eigenvalue weighted by Crippen LogP contribution is -2.13. The number of carbonyl (C=O) groups excluding carboxylic acids is 1. The number of anilines is 1. The van der Waals surface area contributed by atoms with Crippen LogP contribution in [0.4, 0.5) is 5.13 Å². The van der Waals surface area contributed by atoms with Crippen LogP contribution in [0.5, 0.6) is 5.75 Å². The highest BCUT2D eigenvalue weighted by atomic mass is 32.1. The molecule has 0 saturated carbocycles. The fraction of sp³-hybridized carbons (Fsp3) is 0.235. The van der Waals surface area contributed by atoms with Crippen molar-refractivity contribution < 1.29 is 18.7 Å². The Morgan fingerprint density at radius 2 is 2.00 bits per heavy atom. The first-order valence-electron chi connectivity index (χ1n) is 7.95. The number of nitrogens with two attached hydrogens (primary N) is 1. The number of hydrogen-bond acceptors (Lipinski definition) is 8. The molecule has 0 aliphatic heterocycles. The van der Waals surface area contributed by atoms with Gasteiger partial charge in [-0.2, -0.15) is 0 Å². The number of nitrogens with zero attached hydrogens (tertiary/aromatic N) is 2. The summed E-state index contributed by atoms with van der Waals surface area (Å²) in [5, 5.41) is 11.7. The van der Waals surface area contributed by atoms with Crippen molar-refractivity contribution in [2.75, 3.05) is 31.7 Å². The first kappa shape index (κ1) is 18.1. The lowest BCUT2D eigenvalue weighted by atomic mass is 10.2. The topological polar surface area (TPSA) is 112 Å². The van der Waals surface area contributed by atoms with Crippen LogP contribution in [0.3, 0.4) is 0 Å². The lowest BCUT2D eigenvalue weighted by molar-refractivity contribution is 0.102. The van der Waals surface area contributed by atoms with Crippen LogP contribution in [0.15, 0.2) is 47.1 Å². The molecule has 2 heterocycles. The summed E-state index contributed by atoms with van der Waals surface area (Å²) in [5.74, 6) is 0.999. The molecule has 0 spiro atoms. The highest BCUT2D eigenvalue weighted by Crippen LogP contribution is 2.26. The maximum atomic E-state index is 12.3. The molecule has 0 aliphatic carbocycles. The fourth-order valence-electron chi connectivity index (χ4n) is 2.05. The second-order valence-electron chi connectivity index (χ2n) is 5.12. The normalized spacial score (nSPS) is 10.7. The van der Waals surface area contributed by atoms with Crippen LogP contribution >= 0.6 is 11.3 Å². The molecule has 8 nitrogen and oxygen atoms in total. The molecule has 3 rings (SSSR count). The van der Waals surface area contributed by atoms with E-state index >= 15 is 0 Å². The summed E-state index contributed by atoms with van der Waals surface area (Å²) in [5.41, 5.74) is 5.82. The van der Waals surface area contributed by atoms with Crippen molar-refractivity contribution >= 4 is 22.4 Å². The number of hydrogen-bond donors (Lipinski definition) is 2. The Kier molecular flexibility index (Phi) is 6.31. The Balaban J connectivity index is 1.52. The first-order valence-corrected chi connectivity index (χ1v) is 8.77. The highest BCUT2D eigenvalue weighted by molar-refractivity contribution is 7.18. The van der Waals surface area contributed by atoms with Crippen LogP contribution in [0, 0.1) is 0 Å². The van der Waals surface area contributed by atoms with E-state index in [-0.39, 0.29) is 5.91 Å². The molecule has 0 saturated heterocycles. The Labute approximate surface area is 153 Å². The van der Waals surface area contributed by atoms with Gasteiger partial charge in [-0.25, -0.2) is 0 Å². The SMILES string of the molecule is NCCOCCOc1ccc(C(=O)Nc2nnc(-c3ccco3)s2)cc1. The van der Waals surface area contributed by atoms with E-state index in [1.54, 1.807) is 42.7 Å². The second kappa shape index (κ2) is 9.09. The average molecular weight is 374 g/mol. The number of nitrogens with one attached hydrogen (secondary N) is 1. The molecule has 0 radical (unpaired) electrons. The van der Waals surface area contributed by atoms with Crippen molar-refractivity contribution in [2.24, 2.45) is 5.73 Å². The van der Waals surface area contributed by atoms with Gasteiger partial charge in [-0.15, -0.1) is 10.2 Å². The number of aromatic nitrogens is 2. The summed E-state index contributed by atoms with van der Waals surface area (Å²) in [7, 11) is 0. The van der Waals surface area contributed by atoms with E-state index in [9.17, 15) is 4.79 Å². The van der Waals surface area contributed by atoms with E-state index in [2.05, 4.69) is 15.5 Å². The Bertz CT molecular complexity index is 818. The molecular weight excluding hydrogens is 356 g/mol. The molecule has 2 aromatic heterocycles. The van der Waals surface area contributed by atoms with Gasteiger partial charge in [0.1, 0.15) is 12.4 Å². The number of amides is 1. The third-order valence-electron chi connectivity index (χ3n) is 3.25. The largest absolute Gasteiger partial charge is 0.491 e. The summed E-state index contributed by atoms with van der Waals surface area (Å²) in [6.45, 7) is 1.89. The number of furan rings is 1. The van der Waals surface area contributed by atoms with E-state index in [1.807, 2.05) is 0 Å². The number of carbonyl (C=O) groups is 1. The Hall–Kier alpha value is -2.75. The zero-order valence-corrected chi connectivity index (χ0v) is 14.7. The number of benzene rings is 1. The number of ether oxygens (including phenoxy) is 2. The third-order valence-corrected chi connectivity index (χ3v) is 4.11. The zero-order valence-electron chi connectivity index (χ0n) is 13.9. The minimum absolute atomic E-state index is 0.273. The average Bonchev–Trinajstić information content (AvgIpc) is 3.33. The molecule has 136 valence electrons. The van der Waals surface area contributed by atoms with Crippen LogP contribution in [0.1, 0.15) is 10.4 Å². The predicted octanol–water partition coefficient (Wildman–Crippen LogP) is 2.40. The minimum Gasteiger partial charge on any atom is -0.491 e. The van der Waals surface area contributed by atoms with E-state index in [0.29, 0.717) is 53.6 Å². The van der Waals surface area contributed by atoms with Crippen molar-refractivity contribution in [3.8, 4) is 16.5 Å². The predicted molar refractivity (Wildman–Crippen MR) is 97.4 cm³/mol. The van der Waals surface area contributed by atoms with Gasteiger partial charge in [0.25, 0.3) is 5.91 Å². The van der Waals surface area contributed by atoms with Crippen LogP contribution in [0.25, 0.3) is 10.8 Å². The number of rotatable bonds is 9. The molecule has 0 bridgehead atoms. The molecule has 0 atom stereocenters. The van der Waals surface area contributed by atoms with Gasteiger partial charge in [-0.1, -0.05) is 11.3 Å². The minimum atomic E-state index is -0.273. The Morgan fingerprint density at radius 3 is 2.73 bits per heavy atom. The van der Waals surface area contributed by atoms with Crippen LogP contribution in [-0.4, -0.2) is 42.5 Å². The van der Waals surface area contributed by atoms with Crippen molar-refractivity contribution in [1.82, 2.24) is 10.2 Å². The molecule has 1 amide bonds. The molecule has 1 aromatic carbocycles. The maximum Gasteiger partial charge on any atom is 0.257 e. The quantitative estimate of drug-likeness (QED) is 0.553. The maximum absolute atomic E-state index is 12.3. The summed E-state index contributed by atoms with van der Waals surface area (Å²) in [6.07, 6.45) is 1.56. The molecule has 0 aliphatic rings. The van der Waals surface area contributed by atoms with Crippen molar-refractivity contribution in [2.45, 2.75) is 0 Å². The van der Waals surface area contributed by atoms with Gasteiger partial charge in [0, 0.05) is 12.1 Å². The lowest BCUT2D eigenvalue weighted by Gasteiger charge is -2.07. The first-order chi connectivity index (χ1) is 12.8. The van der Waals surface area contributed by atoms with Crippen molar-refractivity contribution in [1.29, 1.82) is 0 Å². The van der Waals surface area contributed by atoms with Gasteiger partial charge in [-0.3, -0.25) is 10.1 Å². The summed E-state index contributed by atoms with van der Waals surface area (Å²) < 4.78 is 16.0. The van der Waals surface area contributed by atoms with E-state index in [0.717, 1.165) is 0 Å². The van der Waals surface area contributed by atoms with Gasteiger partial charge in [0.2, 0.25) is 5.13 Å². The standard InChI is InChI=1S/C17H18N4O4S/c18-7-9-23-10-11-24-13-5-3-12(4-6-13)15(22)19-17-21-20-16(26-17)14-2-1-8-25-14/h1-6,8H,7,9-11,18H2,(H,19,21,22). The zero-order chi connectivity index (χ0) is 18.2. The summed E-state index contributed by atoms with van der Waals surface area (Å²) in [4.78, 5) is 12.3. The van der Waals surface area contributed by atoms with E-state index < -0.39 is 0 Å². The molecule has 9 heteroatoms. The van der Waals surface area contributed by atoms with Crippen LogP contribution < -0.4 is 15.8 Å². The van der Waals surface area contributed by atoms with Gasteiger partial charge in [0.05, 0.1) is 19.5 Å². The fourth-order valence-corrected chi connectivity index (χ4v) is 2.76. The third kappa shape index (κ3) is 4.88. The van der Waals surface area contributed by atoms with Gasteiger partial charge in [-0.05, 0) is 36.4 Å². The molecule has 3 N–H and O–H groups in total.